The maximum atomic E-state index is 14.8. The summed E-state index contributed by atoms with van der Waals surface area (Å²) < 4.78 is 20.5. The maximum Gasteiger partial charge on any atom is 0.239 e. The van der Waals surface area contributed by atoms with Crippen molar-refractivity contribution in [3.8, 4) is 11.6 Å². The number of nitrogens with two attached hydrogens (primary N) is 1. The van der Waals surface area contributed by atoms with Crippen molar-refractivity contribution < 1.29 is 13.9 Å². The number of aromatic nitrogens is 3. The predicted molar refractivity (Wildman–Crippen MR) is 120 cm³/mol. The number of benzene rings is 1. The summed E-state index contributed by atoms with van der Waals surface area (Å²) in [4.78, 5) is 28.3. The van der Waals surface area contributed by atoms with Gasteiger partial charge in [-0.2, -0.15) is 0 Å². The summed E-state index contributed by atoms with van der Waals surface area (Å²) >= 11 is 0. The van der Waals surface area contributed by atoms with E-state index in [1.165, 1.54) is 18.5 Å². The highest BCUT2D eigenvalue weighted by atomic mass is 19.1. The molecule has 1 unspecified atom stereocenters. The number of ether oxygens (including phenoxy) is 1. The Morgan fingerprint density at radius 1 is 1.31 bits per heavy atom. The standard InChI is InChI=1S/C23H29FN6O2/c1-13-9-26-21-20(13)22(28-12-27-21)32-19-6-5-16(7-17(19)24)8-18(25)23(31)30-10-14(2)29(4)15(3)11-30/h5-7,9,12,14-15,18H,8,10-11,25H2,1-4H3,(H,26,27,28)/t14-,15+,18?. The number of nitrogens with one attached hydrogen (secondary N) is 1. The van der Waals surface area contributed by atoms with Crippen molar-refractivity contribution in [2.45, 2.75) is 45.3 Å². The van der Waals surface area contributed by atoms with Crippen LogP contribution in [0.25, 0.3) is 11.0 Å². The van der Waals surface area contributed by atoms with Crippen molar-refractivity contribution in [2.75, 3.05) is 20.1 Å². The van der Waals surface area contributed by atoms with Gasteiger partial charge in [0.1, 0.15) is 12.0 Å². The molecule has 1 aliphatic heterocycles. The van der Waals surface area contributed by atoms with Crippen molar-refractivity contribution in [3.05, 3.63) is 47.7 Å². The van der Waals surface area contributed by atoms with E-state index in [1.54, 1.807) is 12.3 Å². The van der Waals surface area contributed by atoms with E-state index in [0.717, 1.165) is 5.56 Å². The van der Waals surface area contributed by atoms with Gasteiger partial charge in [0, 0.05) is 31.4 Å². The number of amides is 1. The van der Waals surface area contributed by atoms with Crippen LogP contribution in [0.5, 0.6) is 11.6 Å². The van der Waals surface area contributed by atoms with Crippen LogP contribution in [0.4, 0.5) is 4.39 Å². The average molecular weight is 441 g/mol. The van der Waals surface area contributed by atoms with E-state index < -0.39 is 11.9 Å². The van der Waals surface area contributed by atoms with Crippen LogP contribution in [0.15, 0.2) is 30.7 Å². The first kappa shape index (κ1) is 22.2. The van der Waals surface area contributed by atoms with Gasteiger partial charge in [0.05, 0.1) is 11.4 Å². The van der Waals surface area contributed by atoms with Crippen molar-refractivity contribution in [1.29, 1.82) is 0 Å². The molecule has 32 heavy (non-hydrogen) atoms. The summed E-state index contributed by atoms with van der Waals surface area (Å²) in [6.45, 7) is 7.36. The summed E-state index contributed by atoms with van der Waals surface area (Å²) in [5.74, 6) is -0.311. The Labute approximate surface area is 186 Å². The van der Waals surface area contributed by atoms with Gasteiger partial charge in [-0.1, -0.05) is 6.07 Å². The molecule has 1 amide bonds. The summed E-state index contributed by atoms with van der Waals surface area (Å²) in [6, 6.07) is 4.43. The van der Waals surface area contributed by atoms with Crippen molar-refractivity contribution in [1.82, 2.24) is 24.8 Å². The normalized spacial score (nSPS) is 20.5. The van der Waals surface area contributed by atoms with Crippen LogP contribution in [0.3, 0.4) is 0 Å². The van der Waals surface area contributed by atoms with Crippen LogP contribution in [0.2, 0.25) is 0 Å². The SMILES string of the molecule is Cc1c[nH]c2ncnc(Oc3ccc(CC(N)C(=O)N4C[C@@H](C)N(C)[C@@H](C)C4)cc3F)c12. The van der Waals surface area contributed by atoms with Gasteiger partial charge in [0.15, 0.2) is 11.6 Å². The summed E-state index contributed by atoms with van der Waals surface area (Å²) in [6.07, 6.45) is 3.41. The third kappa shape index (κ3) is 4.31. The molecule has 2 aromatic heterocycles. The van der Waals surface area contributed by atoms with Gasteiger partial charge in [-0.05, 0) is 57.5 Å². The van der Waals surface area contributed by atoms with Gasteiger partial charge in [-0.3, -0.25) is 9.69 Å². The Morgan fingerprint density at radius 3 is 2.72 bits per heavy atom. The van der Waals surface area contributed by atoms with E-state index in [0.29, 0.717) is 29.7 Å². The summed E-state index contributed by atoms with van der Waals surface area (Å²) in [5, 5.41) is 0.708. The molecule has 9 heteroatoms. The van der Waals surface area contributed by atoms with Crippen LogP contribution in [0, 0.1) is 12.7 Å². The summed E-state index contributed by atoms with van der Waals surface area (Å²) in [7, 11) is 2.06. The minimum absolute atomic E-state index is 0.0518. The molecular formula is C23H29FN6O2. The molecule has 3 aromatic rings. The highest BCUT2D eigenvalue weighted by Gasteiger charge is 2.31. The number of carbonyl (C=O) groups is 1. The lowest BCUT2D eigenvalue weighted by Gasteiger charge is -2.43. The van der Waals surface area contributed by atoms with Crippen LogP contribution >= 0.6 is 0 Å². The Bertz CT molecular complexity index is 1120. The molecule has 0 bridgehead atoms. The van der Waals surface area contributed by atoms with E-state index in [1.807, 2.05) is 11.8 Å². The number of nitrogens with zero attached hydrogens (tertiary/aromatic N) is 4. The van der Waals surface area contributed by atoms with Crippen LogP contribution in [-0.4, -0.2) is 68.9 Å². The lowest BCUT2D eigenvalue weighted by atomic mass is 10.0. The second kappa shape index (κ2) is 8.84. The van der Waals surface area contributed by atoms with E-state index in [2.05, 4.69) is 40.7 Å². The number of aryl methyl sites for hydroxylation is 1. The van der Waals surface area contributed by atoms with Gasteiger partial charge >= 0.3 is 0 Å². The molecular weight excluding hydrogens is 411 g/mol. The molecule has 1 fully saturated rings. The summed E-state index contributed by atoms with van der Waals surface area (Å²) in [5.41, 5.74) is 8.37. The third-order valence-electron chi connectivity index (χ3n) is 6.28. The molecule has 3 heterocycles. The van der Waals surface area contributed by atoms with Crippen LogP contribution in [0.1, 0.15) is 25.0 Å². The molecule has 4 rings (SSSR count). The fourth-order valence-corrected chi connectivity index (χ4v) is 4.18. The zero-order valence-corrected chi connectivity index (χ0v) is 18.8. The number of fused-ring (bicyclic) bond motifs is 1. The minimum Gasteiger partial charge on any atom is -0.435 e. The lowest BCUT2D eigenvalue weighted by molar-refractivity contribution is -0.136. The molecule has 1 saturated heterocycles. The molecule has 0 radical (unpaired) electrons. The Kier molecular flexibility index (Phi) is 6.12. The van der Waals surface area contributed by atoms with Gasteiger partial charge in [-0.25, -0.2) is 14.4 Å². The molecule has 3 N–H and O–H groups in total. The molecule has 0 aliphatic carbocycles. The number of carbonyl (C=O) groups excluding carboxylic acids is 1. The first-order valence-electron chi connectivity index (χ1n) is 10.8. The fourth-order valence-electron chi connectivity index (χ4n) is 4.18. The quantitative estimate of drug-likeness (QED) is 0.633. The van der Waals surface area contributed by atoms with Gasteiger partial charge in [0.2, 0.25) is 11.8 Å². The molecule has 0 spiro atoms. The predicted octanol–water partition coefficient (Wildman–Crippen LogP) is 2.62. The second-order valence-corrected chi connectivity index (χ2v) is 8.66. The number of hydrogen-bond acceptors (Lipinski definition) is 6. The van der Waals surface area contributed by atoms with Gasteiger partial charge in [0.25, 0.3) is 0 Å². The largest absolute Gasteiger partial charge is 0.435 e. The Morgan fingerprint density at radius 2 is 2.03 bits per heavy atom. The van der Waals surface area contributed by atoms with Gasteiger partial charge < -0.3 is 20.4 Å². The molecule has 0 saturated carbocycles. The minimum atomic E-state index is -0.729. The number of likely N-dealkylation sites (N-methyl/N-ethyl adjacent to an activating group) is 1. The Balaban J connectivity index is 1.45. The number of H-pyrrole nitrogens is 1. The molecule has 1 aromatic carbocycles. The number of aromatic amines is 1. The zero-order valence-electron chi connectivity index (χ0n) is 18.8. The molecule has 8 nitrogen and oxygen atoms in total. The molecule has 1 aliphatic rings. The monoisotopic (exact) mass is 440 g/mol. The van der Waals surface area contributed by atoms with E-state index >= 15 is 0 Å². The van der Waals surface area contributed by atoms with E-state index in [4.69, 9.17) is 10.5 Å². The third-order valence-corrected chi connectivity index (χ3v) is 6.28. The second-order valence-electron chi connectivity index (χ2n) is 8.66. The van der Waals surface area contributed by atoms with Crippen molar-refractivity contribution >= 4 is 16.9 Å². The fraction of sp³-hybridized carbons (Fsp3) is 0.435. The first-order chi connectivity index (χ1) is 15.2. The van der Waals surface area contributed by atoms with E-state index in [9.17, 15) is 9.18 Å². The lowest BCUT2D eigenvalue weighted by Crippen LogP contribution is -2.59. The molecule has 170 valence electrons. The molecule has 3 atom stereocenters. The topological polar surface area (TPSA) is 100 Å². The zero-order chi connectivity index (χ0) is 23.0. The van der Waals surface area contributed by atoms with Crippen molar-refractivity contribution in [3.63, 3.8) is 0 Å². The smallest absolute Gasteiger partial charge is 0.239 e. The highest BCUT2D eigenvalue weighted by Crippen LogP contribution is 2.30. The number of piperazine rings is 1. The number of hydrogen-bond donors (Lipinski definition) is 2. The van der Waals surface area contributed by atoms with E-state index in [-0.39, 0.29) is 36.0 Å². The number of rotatable bonds is 5. The van der Waals surface area contributed by atoms with Crippen molar-refractivity contribution in [2.24, 2.45) is 5.73 Å². The Hall–Kier alpha value is -3.04. The van der Waals surface area contributed by atoms with Crippen LogP contribution < -0.4 is 10.5 Å². The average Bonchev–Trinajstić information content (AvgIpc) is 3.14. The number of halogens is 1. The highest BCUT2D eigenvalue weighted by molar-refractivity contribution is 5.84. The first-order valence-corrected chi connectivity index (χ1v) is 10.8. The maximum absolute atomic E-state index is 14.8. The van der Waals surface area contributed by atoms with Crippen LogP contribution in [-0.2, 0) is 11.2 Å². The van der Waals surface area contributed by atoms with Gasteiger partial charge in [-0.15, -0.1) is 0 Å².